The van der Waals surface area contributed by atoms with Crippen molar-refractivity contribution in [2.75, 3.05) is 19.7 Å². The number of hydrogen-bond acceptors (Lipinski definition) is 5. The zero-order valence-corrected chi connectivity index (χ0v) is 12.5. The van der Waals surface area contributed by atoms with Gasteiger partial charge in [-0.2, -0.15) is 0 Å². The molecule has 0 aromatic carbocycles. The van der Waals surface area contributed by atoms with Gasteiger partial charge in [0.15, 0.2) is 0 Å². The molecule has 0 radical (unpaired) electrons. The summed E-state index contributed by atoms with van der Waals surface area (Å²) in [6.45, 7) is 5.85. The molecule has 2 fully saturated rings. The number of hydrogen-bond donors (Lipinski definition) is 0. The van der Waals surface area contributed by atoms with Crippen molar-refractivity contribution in [2.24, 2.45) is 5.92 Å². The standard InChI is InChI=1S/C15H21N3O3/c1-11(2)14(19)18-9-15(10-18)7-12(3-6-20-15)21-13-8-16-4-5-17-13/h4-5,8,11-12H,3,6-7,9-10H2,1-2H3/t12-/m0/s1. The van der Waals surface area contributed by atoms with Crippen molar-refractivity contribution in [3.05, 3.63) is 18.6 Å². The van der Waals surface area contributed by atoms with Gasteiger partial charge in [0.25, 0.3) is 0 Å². The molecule has 0 unspecified atom stereocenters. The summed E-state index contributed by atoms with van der Waals surface area (Å²) in [6.07, 6.45) is 6.59. The smallest absolute Gasteiger partial charge is 0.232 e. The van der Waals surface area contributed by atoms with Gasteiger partial charge in [-0.1, -0.05) is 13.8 Å². The van der Waals surface area contributed by atoms with E-state index in [0.29, 0.717) is 25.6 Å². The number of carbonyl (C=O) groups excluding carboxylic acids is 1. The fourth-order valence-corrected chi connectivity index (χ4v) is 2.99. The predicted octanol–water partition coefficient (Wildman–Crippen LogP) is 1.27. The molecule has 2 aliphatic heterocycles. The second kappa shape index (κ2) is 5.60. The van der Waals surface area contributed by atoms with Crippen LogP contribution in [0.4, 0.5) is 0 Å². The van der Waals surface area contributed by atoms with Gasteiger partial charge in [-0.05, 0) is 0 Å². The number of carbonyl (C=O) groups is 1. The lowest BCUT2D eigenvalue weighted by atomic mass is 9.84. The number of amides is 1. The number of rotatable bonds is 3. The van der Waals surface area contributed by atoms with Crippen molar-refractivity contribution in [1.29, 1.82) is 0 Å². The van der Waals surface area contributed by atoms with Crippen molar-refractivity contribution in [1.82, 2.24) is 14.9 Å². The van der Waals surface area contributed by atoms with Crippen LogP contribution in [-0.4, -0.2) is 52.2 Å². The molecule has 6 nitrogen and oxygen atoms in total. The van der Waals surface area contributed by atoms with E-state index in [0.717, 1.165) is 12.8 Å². The Kier molecular flexibility index (Phi) is 3.80. The third kappa shape index (κ3) is 3.00. The van der Waals surface area contributed by atoms with Gasteiger partial charge in [-0.15, -0.1) is 0 Å². The van der Waals surface area contributed by atoms with Gasteiger partial charge in [0.2, 0.25) is 11.8 Å². The lowest BCUT2D eigenvalue weighted by Gasteiger charge is -2.53. The highest BCUT2D eigenvalue weighted by Crippen LogP contribution is 2.36. The van der Waals surface area contributed by atoms with Crippen LogP contribution in [0.1, 0.15) is 26.7 Å². The van der Waals surface area contributed by atoms with Crippen LogP contribution < -0.4 is 4.74 Å². The molecule has 3 heterocycles. The normalized spacial score (nSPS) is 24.0. The molecule has 2 saturated heterocycles. The largest absolute Gasteiger partial charge is 0.473 e. The van der Waals surface area contributed by atoms with E-state index in [1.54, 1.807) is 18.6 Å². The van der Waals surface area contributed by atoms with Crippen LogP contribution >= 0.6 is 0 Å². The number of ether oxygens (including phenoxy) is 2. The van der Waals surface area contributed by atoms with E-state index in [1.165, 1.54) is 0 Å². The first-order valence-corrected chi connectivity index (χ1v) is 7.43. The maximum absolute atomic E-state index is 11.9. The Labute approximate surface area is 124 Å². The monoisotopic (exact) mass is 291 g/mol. The average molecular weight is 291 g/mol. The van der Waals surface area contributed by atoms with Crippen molar-refractivity contribution >= 4 is 5.91 Å². The molecule has 1 aromatic heterocycles. The van der Waals surface area contributed by atoms with E-state index < -0.39 is 0 Å². The molecule has 0 N–H and O–H groups in total. The Morgan fingerprint density at radius 3 is 2.95 bits per heavy atom. The van der Waals surface area contributed by atoms with E-state index in [1.807, 2.05) is 18.7 Å². The van der Waals surface area contributed by atoms with Gasteiger partial charge < -0.3 is 14.4 Å². The van der Waals surface area contributed by atoms with Crippen LogP contribution in [0.2, 0.25) is 0 Å². The van der Waals surface area contributed by atoms with Gasteiger partial charge in [0, 0.05) is 31.2 Å². The Balaban J connectivity index is 1.56. The molecule has 0 bridgehead atoms. The Hall–Kier alpha value is -1.69. The minimum absolute atomic E-state index is 0.0394. The minimum Gasteiger partial charge on any atom is -0.473 e. The third-order valence-corrected chi connectivity index (χ3v) is 4.04. The van der Waals surface area contributed by atoms with E-state index in [-0.39, 0.29) is 23.5 Å². The molecule has 0 saturated carbocycles. The molecule has 1 atom stereocenters. The third-order valence-electron chi connectivity index (χ3n) is 4.04. The van der Waals surface area contributed by atoms with Crippen LogP contribution in [0, 0.1) is 5.92 Å². The number of nitrogens with zero attached hydrogens (tertiary/aromatic N) is 3. The summed E-state index contributed by atoms with van der Waals surface area (Å²) in [6, 6.07) is 0. The van der Waals surface area contributed by atoms with E-state index in [9.17, 15) is 4.79 Å². The van der Waals surface area contributed by atoms with Crippen molar-refractivity contribution in [2.45, 2.75) is 38.4 Å². The highest BCUT2D eigenvalue weighted by Gasteiger charge is 2.50. The quantitative estimate of drug-likeness (QED) is 0.839. The second-order valence-electron chi connectivity index (χ2n) is 6.16. The first-order chi connectivity index (χ1) is 10.1. The summed E-state index contributed by atoms with van der Waals surface area (Å²) in [5.74, 6) is 0.785. The summed E-state index contributed by atoms with van der Waals surface area (Å²) >= 11 is 0. The zero-order chi connectivity index (χ0) is 14.9. The molecule has 114 valence electrons. The molecule has 1 spiro atoms. The molecule has 1 amide bonds. The molecule has 0 aliphatic carbocycles. The average Bonchev–Trinajstić information content (AvgIpc) is 2.45. The SMILES string of the molecule is CC(C)C(=O)N1CC2(C[C@@H](Oc3cnccn3)CCO2)C1. The van der Waals surface area contributed by atoms with E-state index in [2.05, 4.69) is 9.97 Å². The molecule has 1 aromatic rings. The number of likely N-dealkylation sites (tertiary alicyclic amines) is 1. The van der Waals surface area contributed by atoms with Gasteiger partial charge >= 0.3 is 0 Å². The van der Waals surface area contributed by atoms with Crippen LogP contribution in [0.5, 0.6) is 5.88 Å². The Morgan fingerprint density at radius 1 is 1.48 bits per heavy atom. The van der Waals surface area contributed by atoms with E-state index >= 15 is 0 Å². The van der Waals surface area contributed by atoms with Crippen molar-refractivity contribution in [3.8, 4) is 5.88 Å². The summed E-state index contributed by atoms with van der Waals surface area (Å²) in [7, 11) is 0. The maximum Gasteiger partial charge on any atom is 0.232 e. The fourth-order valence-electron chi connectivity index (χ4n) is 2.99. The summed E-state index contributed by atoms with van der Waals surface area (Å²) in [5.41, 5.74) is -0.227. The van der Waals surface area contributed by atoms with Gasteiger partial charge in [0.1, 0.15) is 11.7 Å². The first-order valence-electron chi connectivity index (χ1n) is 7.43. The van der Waals surface area contributed by atoms with Crippen LogP contribution in [0.25, 0.3) is 0 Å². The van der Waals surface area contributed by atoms with Crippen molar-refractivity contribution in [3.63, 3.8) is 0 Å². The molecule has 3 rings (SSSR count). The first kappa shape index (κ1) is 14.3. The van der Waals surface area contributed by atoms with Gasteiger partial charge in [-0.25, -0.2) is 4.98 Å². The second-order valence-corrected chi connectivity index (χ2v) is 6.16. The molecule has 2 aliphatic rings. The van der Waals surface area contributed by atoms with E-state index in [4.69, 9.17) is 9.47 Å². The summed E-state index contributed by atoms with van der Waals surface area (Å²) < 4.78 is 11.8. The lowest BCUT2D eigenvalue weighted by Crippen LogP contribution is -2.68. The highest BCUT2D eigenvalue weighted by molar-refractivity contribution is 5.79. The predicted molar refractivity (Wildman–Crippen MR) is 75.8 cm³/mol. The number of aromatic nitrogens is 2. The Bertz CT molecular complexity index is 500. The van der Waals surface area contributed by atoms with Crippen molar-refractivity contribution < 1.29 is 14.3 Å². The molecule has 21 heavy (non-hydrogen) atoms. The molecular weight excluding hydrogens is 270 g/mol. The fraction of sp³-hybridized carbons (Fsp3) is 0.667. The zero-order valence-electron chi connectivity index (χ0n) is 12.5. The van der Waals surface area contributed by atoms with Crippen LogP contribution in [0.15, 0.2) is 18.6 Å². The molecular formula is C15H21N3O3. The van der Waals surface area contributed by atoms with Crippen LogP contribution in [0.3, 0.4) is 0 Å². The summed E-state index contributed by atoms with van der Waals surface area (Å²) in [4.78, 5) is 22.0. The minimum atomic E-state index is -0.227. The Morgan fingerprint density at radius 2 is 2.29 bits per heavy atom. The maximum atomic E-state index is 11.9. The summed E-state index contributed by atoms with van der Waals surface area (Å²) in [5, 5.41) is 0. The highest BCUT2D eigenvalue weighted by atomic mass is 16.5. The lowest BCUT2D eigenvalue weighted by molar-refractivity contribution is -0.195. The topological polar surface area (TPSA) is 64.6 Å². The van der Waals surface area contributed by atoms with Gasteiger partial charge in [0.05, 0.1) is 25.9 Å². The molecule has 6 heteroatoms. The van der Waals surface area contributed by atoms with Crippen LogP contribution in [-0.2, 0) is 9.53 Å². The van der Waals surface area contributed by atoms with Gasteiger partial charge in [-0.3, -0.25) is 9.78 Å².